The van der Waals surface area contributed by atoms with Crippen molar-refractivity contribution in [1.82, 2.24) is 9.13 Å². The lowest BCUT2D eigenvalue weighted by molar-refractivity contribution is -0.119. The summed E-state index contributed by atoms with van der Waals surface area (Å²) < 4.78 is 2.98. The first kappa shape index (κ1) is 22.7. The first-order chi connectivity index (χ1) is 15.5. The van der Waals surface area contributed by atoms with E-state index in [9.17, 15) is 19.2 Å². The van der Waals surface area contributed by atoms with Gasteiger partial charge >= 0.3 is 0 Å². The molecule has 0 fully saturated rings. The zero-order valence-electron chi connectivity index (χ0n) is 17.9. The van der Waals surface area contributed by atoms with Crippen molar-refractivity contribution in [2.24, 2.45) is 0 Å². The third kappa shape index (κ3) is 6.04. The Hall–Kier alpha value is -3.94. The SMILES string of the molecule is CCN(C(=O)CCn1ccccc1=O)c1cccc(NC(=O)CCn2ccccc2=O)c1. The van der Waals surface area contributed by atoms with Crippen LogP contribution in [0.1, 0.15) is 19.8 Å². The van der Waals surface area contributed by atoms with Crippen molar-refractivity contribution in [3.05, 3.63) is 93.8 Å². The summed E-state index contributed by atoms with van der Waals surface area (Å²) in [6.07, 6.45) is 3.63. The highest BCUT2D eigenvalue weighted by atomic mass is 16.2. The van der Waals surface area contributed by atoms with Gasteiger partial charge in [0.1, 0.15) is 0 Å². The molecule has 0 saturated heterocycles. The molecule has 2 heterocycles. The normalized spacial score (nSPS) is 10.5. The van der Waals surface area contributed by atoms with Gasteiger partial charge in [0.2, 0.25) is 11.8 Å². The molecule has 0 atom stereocenters. The lowest BCUT2D eigenvalue weighted by Gasteiger charge is -2.22. The summed E-state index contributed by atoms with van der Waals surface area (Å²) in [5, 5.41) is 2.82. The van der Waals surface area contributed by atoms with Crippen molar-refractivity contribution in [1.29, 1.82) is 0 Å². The highest BCUT2D eigenvalue weighted by Crippen LogP contribution is 2.20. The number of pyridine rings is 2. The van der Waals surface area contributed by atoms with E-state index in [0.717, 1.165) is 0 Å². The van der Waals surface area contributed by atoms with Crippen LogP contribution in [0.3, 0.4) is 0 Å². The predicted molar refractivity (Wildman–Crippen MR) is 124 cm³/mol. The molecule has 0 spiro atoms. The second kappa shape index (κ2) is 10.9. The molecule has 32 heavy (non-hydrogen) atoms. The minimum atomic E-state index is -0.226. The Labute approximate surface area is 185 Å². The lowest BCUT2D eigenvalue weighted by atomic mass is 10.2. The van der Waals surface area contributed by atoms with Crippen molar-refractivity contribution in [2.75, 3.05) is 16.8 Å². The Bertz CT molecular complexity index is 1200. The van der Waals surface area contributed by atoms with Gasteiger partial charge in [0.05, 0.1) is 0 Å². The summed E-state index contributed by atoms with van der Waals surface area (Å²) in [7, 11) is 0. The Morgan fingerprint density at radius 1 is 0.844 bits per heavy atom. The van der Waals surface area contributed by atoms with Crippen LogP contribution < -0.4 is 21.3 Å². The van der Waals surface area contributed by atoms with Crippen LogP contribution in [0.4, 0.5) is 11.4 Å². The Morgan fingerprint density at radius 2 is 1.47 bits per heavy atom. The van der Waals surface area contributed by atoms with E-state index in [0.29, 0.717) is 24.5 Å². The molecule has 2 amide bonds. The van der Waals surface area contributed by atoms with Crippen molar-refractivity contribution in [3.8, 4) is 0 Å². The zero-order valence-corrected chi connectivity index (χ0v) is 17.9. The molecule has 0 radical (unpaired) electrons. The fraction of sp³-hybridized carbons (Fsp3) is 0.250. The number of nitrogens with zero attached hydrogens (tertiary/aromatic N) is 3. The van der Waals surface area contributed by atoms with Gasteiger partial charge in [-0.1, -0.05) is 18.2 Å². The minimum Gasteiger partial charge on any atom is -0.326 e. The van der Waals surface area contributed by atoms with E-state index in [-0.39, 0.29) is 42.3 Å². The van der Waals surface area contributed by atoms with Gasteiger partial charge in [-0.25, -0.2) is 0 Å². The zero-order chi connectivity index (χ0) is 22.9. The molecule has 2 aromatic heterocycles. The van der Waals surface area contributed by atoms with Crippen LogP contribution in [-0.2, 0) is 22.7 Å². The lowest BCUT2D eigenvalue weighted by Crippen LogP contribution is -2.32. The molecule has 0 bridgehead atoms. The highest BCUT2D eigenvalue weighted by molar-refractivity contribution is 5.95. The maximum absolute atomic E-state index is 12.8. The van der Waals surface area contributed by atoms with E-state index in [1.807, 2.05) is 6.92 Å². The Balaban J connectivity index is 1.61. The maximum atomic E-state index is 12.8. The summed E-state index contributed by atoms with van der Waals surface area (Å²) in [5.74, 6) is -0.342. The van der Waals surface area contributed by atoms with Gasteiger partial charge in [0.25, 0.3) is 11.1 Å². The largest absolute Gasteiger partial charge is 0.326 e. The smallest absolute Gasteiger partial charge is 0.250 e. The molecule has 0 aliphatic heterocycles. The molecule has 0 aliphatic rings. The number of aryl methyl sites for hydroxylation is 2. The van der Waals surface area contributed by atoms with Gasteiger partial charge < -0.3 is 19.4 Å². The molecule has 3 rings (SSSR count). The number of hydrogen-bond donors (Lipinski definition) is 1. The van der Waals surface area contributed by atoms with E-state index < -0.39 is 0 Å². The topological polar surface area (TPSA) is 93.4 Å². The molecule has 0 aliphatic carbocycles. The summed E-state index contributed by atoms with van der Waals surface area (Å²) in [4.78, 5) is 50.3. The number of nitrogens with one attached hydrogen (secondary N) is 1. The van der Waals surface area contributed by atoms with Crippen molar-refractivity contribution in [3.63, 3.8) is 0 Å². The predicted octanol–water partition coefficient (Wildman–Crippen LogP) is 2.48. The number of carbonyl (C=O) groups excluding carboxylic acids is 2. The molecular formula is C24H26N4O4. The first-order valence-corrected chi connectivity index (χ1v) is 10.5. The van der Waals surface area contributed by atoms with Crippen molar-refractivity contribution < 1.29 is 9.59 Å². The molecular weight excluding hydrogens is 408 g/mol. The van der Waals surface area contributed by atoms with Gasteiger partial charge in [0, 0.05) is 68.4 Å². The van der Waals surface area contributed by atoms with Crippen molar-refractivity contribution >= 4 is 23.2 Å². The Morgan fingerprint density at radius 3 is 2.06 bits per heavy atom. The quantitative estimate of drug-likeness (QED) is 0.560. The molecule has 0 unspecified atom stereocenters. The number of rotatable bonds is 9. The van der Waals surface area contributed by atoms with E-state index in [1.165, 1.54) is 21.3 Å². The van der Waals surface area contributed by atoms with Crippen LogP contribution in [0.25, 0.3) is 0 Å². The average molecular weight is 434 g/mol. The monoisotopic (exact) mass is 434 g/mol. The number of benzene rings is 1. The van der Waals surface area contributed by atoms with Gasteiger partial charge in [-0.3, -0.25) is 19.2 Å². The molecule has 3 aromatic rings. The van der Waals surface area contributed by atoms with E-state index in [4.69, 9.17) is 0 Å². The summed E-state index contributed by atoms with van der Waals surface area (Å²) >= 11 is 0. The summed E-state index contributed by atoms with van der Waals surface area (Å²) in [6.45, 7) is 2.90. The fourth-order valence-electron chi connectivity index (χ4n) is 3.34. The van der Waals surface area contributed by atoms with Crippen LogP contribution in [0.15, 0.2) is 82.6 Å². The minimum absolute atomic E-state index is 0.116. The number of carbonyl (C=O) groups is 2. The summed E-state index contributed by atoms with van der Waals surface area (Å²) in [5.41, 5.74) is 0.927. The fourth-order valence-corrected chi connectivity index (χ4v) is 3.34. The van der Waals surface area contributed by atoms with Gasteiger partial charge in [-0.15, -0.1) is 0 Å². The average Bonchev–Trinajstić information content (AvgIpc) is 2.79. The number of hydrogen-bond acceptors (Lipinski definition) is 4. The van der Waals surface area contributed by atoms with Gasteiger partial charge in [-0.05, 0) is 37.3 Å². The van der Waals surface area contributed by atoms with E-state index in [1.54, 1.807) is 65.8 Å². The van der Waals surface area contributed by atoms with Gasteiger partial charge in [-0.2, -0.15) is 0 Å². The van der Waals surface area contributed by atoms with Crippen LogP contribution in [-0.4, -0.2) is 27.5 Å². The van der Waals surface area contributed by atoms with Crippen LogP contribution in [0.5, 0.6) is 0 Å². The molecule has 1 N–H and O–H groups in total. The number of amides is 2. The Kier molecular flexibility index (Phi) is 7.75. The standard InChI is InChI=1S/C24H26N4O4/c1-2-28(24(32)13-17-27-15-6-4-11-23(27)31)20-9-7-8-19(18-20)25-21(29)12-16-26-14-5-3-10-22(26)30/h3-11,14-15,18H,2,12-13,16-17H2,1H3,(H,25,29). The first-order valence-electron chi connectivity index (χ1n) is 10.5. The third-order valence-corrected chi connectivity index (χ3v) is 5.00. The highest BCUT2D eigenvalue weighted by Gasteiger charge is 2.15. The molecule has 0 saturated carbocycles. The second-order valence-corrected chi connectivity index (χ2v) is 7.20. The van der Waals surface area contributed by atoms with Crippen molar-refractivity contribution in [2.45, 2.75) is 32.9 Å². The molecule has 166 valence electrons. The molecule has 1 aromatic carbocycles. The van der Waals surface area contributed by atoms with E-state index >= 15 is 0 Å². The summed E-state index contributed by atoms with van der Waals surface area (Å²) in [6, 6.07) is 16.8. The van der Waals surface area contributed by atoms with Crippen LogP contribution in [0, 0.1) is 0 Å². The molecule has 8 heteroatoms. The van der Waals surface area contributed by atoms with Gasteiger partial charge in [0.15, 0.2) is 0 Å². The van der Waals surface area contributed by atoms with Crippen LogP contribution in [0.2, 0.25) is 0 Å². The maximum Gasteiger partial charge on any atom is 0.250 e. The third-order valence-electron chi connectivity index (χ3n) is 5.00. The molecule has 8 nitrogen and oxygen atoms in total. The number of anilines is 2. The van der Waals surface area contributed by atoms with Crippen LogP contribution >= 0.6 is 0 Å². The number of aromatic nitrogens is 2. The second-order valence-electron chi connectivity index (χ2n) is 7.20. The van der Waals surface area contributed by atoms with E-state index in [2.05, 4.69) is 5.32 Å².